The molecule has 47 valence electrons. The van der Waals surface area contributed by atoms with Gasteiger partial charge in [-0.05, 0) is 24.6 Å². The molecule has 0 saturated heterocycles. The summed E-state index contributed by atoms with van der Waals surface area (Å²) in [7, 11) is 0. The van der Waals surface area contributed by atoms with Gasteiger partial charge in [0.1, 0.15) is 0 Å². The molecule has 0 aliphatic rings. The van der Waals surface area contributed by atoms with Crippen molar-refractivity contribution in [3.05, 3.63) is 35.9 Å². The van der Waals surface area contributed by atoms with E-state index in [1.54, 1.807) is 0 Å². The molecule has 0 bridgehead atoms. The number of rotatable bonds is 2. The summed E-state index contributed by atoms with van der Waals surface area (Å²) in [6, 6.07) is 11.0. The van der Waals surface area contributed by atoms with Crippen LogP contribution < -0.4 is 5.73 Å². The van der Waals surface area contributed by atoms with E-state index in [-0.39, 0.29) is 0 Å². The summed E-state index contributed by atoms with van der Waals surface area (Å²) in [5, 5.41) is 0. The lowest BCUT2D eigenvalue weighted by molar-refractivity contribution is 0.967. The Hall–Kier alpha value is -0.820. The van der Waals surface area contributed by atoms with Gasteiger partial charge in [0.05, 0.1) is 0 Å². The molecular weight excluding hydrogens is 110 g/mol. The Morgan fingerprint density at radius 3 is 2.89 bits per heavy atom. The third kappa shape index (κ3) is 1.86. The normalized spacial score (nSPS) is 9.44. The van der Waals surface area contributed by atoms with Crippen LogP contribution in [0.1, 0.15) is 5.56 Å². The fraction of sp³-hybridized carbons (Fsp3) is 0.250. The molecule has 1 radical (unpaired) electrons. The highest BCUT2D eigenvalue weighted by molar-refractivity contribution is 5.12. The molecule has 0 aliphatic heterocycles. The summed E-state index contributed by atoms with van der Waals surface area (Å²) in [5.74, 6) is 0. The zero-order chi connectivity index (χ0) is 6.53. The quantitative estimate of drug-likeness (QED) is 0.618. The number of nitrogens with two attached hydrogens (primary N) is 1. The van der Waals surface area contributed by atoms with Gasteiger partial charge in [-0.25, -0.2) is 0 Å². The predicted octanol–water partition coefficient (Wildman–Crippen LogP) is 0.988. The van der Waals surface area contributed by atoms with Crippen LogP contribution in [0.15, 0.2) is 24.3 Å². The van der Waals surface area contributed by atoms with Gasteiger partial charge in [0.2, 0.25) is 0 Å². The van der Waals surface area contributed by atoms with Crippen molar-refractivity contribution in [2.45, 2.75) is 6.42 Å². The zero-order valence-corrected chi connectivity index (χ0v) is 5.30. The highest BCUT2D eigenvalue weighted by atomic mass is 14.5. The van der Waals surface area contributed by atoms with Crippen LogP contribution in [-0.2, 0) is 6.42 Å². The lowest BCUT2D eigenvalue weighted by atomic mass is 10.2. The molecule has 0 spiro atoms. The van der Waals surface area contributed by atoms with Crippen molar-refractivity contribution >= 4 is 0 Å². The lowest BCUT2D eigenvalue weighted by Crippen LogP contribution is -2.02. The van der Waals surface area contributed by atoms with Crippen LogP contribution in [0.5, 0.6) is 0 Å². The summed E-state index contributed by atoms with van der Waals surface area (Å²) in [6.07, 6.45) is 0.931. The molecule has 0 aromatic heterocycles. The second-order valence-electron chi connectivity index (χ2n) is 1.93. The van der Waals surface area contributed by atoms with E-state index in [1.165, 1.54) is 5.56 Å². The Labute approximate surface area is 55.5 Å². The molecule has 1 aromatic carbocycles. The van der Waals surface area contributed by atoms with E-state index in [2.05, 4.69) is 6.07 Å². The maximum atomic E-state index is 5.34. The fourth-order valence-electron chi connectivity index (χ4n) is 0.742. The van der Waals surface area contributed by atoms with E-state index in [4.69, 9.17) is 5.73 Å². The Balaban J connectivity index is 2.61. The van der Waals surface area contributed by atoms with Crippen LogP contribution in [-0.4, -0.2) is 6.54 Å². The van der Waals surface area contributed by atoms with Crippen molar-refractivity contribution in [2.75, 3.05) is 6.54 Å². The largest absolute Gasteiger partial charge is 0.330 e. The van der Waals surface area contributed by atoms with E-state index >= 15 is 0 Å². The average Bonchev–Trinajstić information content (AvgIpc) is 1.91. The molecule has 9 heavy (non-hydrogen) atoms. The molecule has 2 N–H and O–H groups in total. The van der Waals surface area contributed by atoms with Crippen LogP contribution in [0.25, 0.3) is 0 Å². The summed E-state index contributed by atoms with van der Waals surface area (Å²) in [4.78, 5) is 0. The Morgan fingerprint density at radius 2 is 2.33 bits per heavy atom. The SMILES string of the molecule is NCCc1[c]cccc1. The molecule has 0 atom stereocenters. The lowest BCUT2D eigenvalue weighted by Gasteiger charge is -1.93. The predicted molar refractivity (Wildman–Crippen MR) is 38.0 cm³/mol. The third-order valence-electron chi connectivity index (χ3n) is 1.19. The van der Waals surface area contributed by atoms with Crippen molar-refractivity contribution in [3.63, 3.8) is 0 Å². The summed E-state index contributed by atoms with van der Waals surface area (Å²) in [5.41, 5.74) is 6.53. The van der Waals surface area contributed by atoms with E-state index in [1.807, 2.05) is 24.3 Å². The third-order valence-corrected chi connectivity index (χ3v) is 1.19. The van der Waals surface area contributed by atoms with Crippen LogP contribution >= 0.6 is 0 Å². The fourth-order valence-corrected chi connectivity index (χ4v) is 0.742. The number of hydrogen-bond acceptors (Lipinski definition) is 1. The van der Waals surface area contributed by atoms with Gasteiger partial charge in [0.25, 0.3) is 0 Å². The summed E-state index contributed by atoms with van der Waals surface area (Å²) < 4.78 is 0. The first-order chi connectivity index (χ1) is 4.43. The second-order valence-corrected chi connectivity index (χ2v) is 1.93. The highest BCUT2D eigenvalue weighted by Gasteiger charge is 1.85. The molecule has 0 aliphatic carbocycles. The van der Waals surface area contributed by atoms with Gasteiger partial charge in [-0.3, -0.25) is 0 Å². The van der Waals surface area contributed by atoms with Crippen molar-refractivity contribution in [2.24, 2.45) is 5.73 Å². The van der Waals surface area contributed by atoms with Gasteiger partial charge in [-0.15, -0.1) is 0 Å². The summed E-state index contributed by atoms with van der Waals surface area (Å²) in [6.45, 7) is 0.709. The summed E-state index contributed by atoms with van der Waals surface area (Å²) >= 11 is 0. The Bertz CT molecular complexity index is 157. The maximum Gasteiger partial charge on any atom is -0.00365 e. The van der Waals surface area contributed by atoms with Gasteiger partial charge in [-0.1, -0.05) is 24.3 Å². The van der Waals surface area contributed by atoms with E-state index in [9.17, 15) is 0 Å². The number of hydrogen-bond donors (Lipinski definition) is 1. The standard InChI is InChI=1S/C8H10N/c9-7-6-8-4-2-1-3-5-8/h1-4H,6-7,9H2. The highest BCUT2D eigenvalue weighted by Crippen LogP contribution is 1.95. The van der Waals surface area contributed by atoms with Crippen molar-refractivity contribution < 1.29 is 0 Å². The smallest absolute Gasteiger partial charge is 0.00365 e. The molecular formula is C8H10N. The first-order valence-electron chi connectivity index (χ1n) is 3.09. The molecule has 1 rings (SSSR count). The topological polar surface area (TPSA) is 26.0 Å². The molecule has 1 aromatic rings. The van der Waals surface area contributed by atoms with Gasteiger partial charge >= 0.3 is 0 Å². The minimum Gasteiger partial charge on any atom is -0.330 e. The minimum absolute atomic E-state index is 0.709. The van der Waals surface area contributed by atoms with Crippen LogP contribution in [0.3, 0.4) is 0 Å². The monoisotopic (exact) mass is 120 g/mol. The average molecular weight is 120 g/mol. The molecule has 1 heteroatoms. The van der Waals surface area contributed by atoms with Crippen LogP contribution in [0.2, 0.25) is 0 Å². The van der Waals surface area contributed by atoms with Crippen LogP contribution in [0.4, 0.5) is 0 Å². The van der Waals surface area contributed by atoms with Gasteiger partial charge in [0, 0.05) is 0 Å². The maximum absolute atomic E-state index is 5.34. The second kappa shape index (κ2) is 3.25. The van der Waals surface area contributed by atoms with E-state index in [0.29, 0.717) is 6.54 Å². The first kappa shape index (κ1) is 6.30. The number of benzene rings is 1. The van der Waals surface area contributed by atoms with Crippen LogP contribution in [0, 0.1) is 6.07 Å². The molecule has 0 unspecified atom stereocenters. The molecule has 0 fully saturated rings. The van der Waals surface area contributed by atoms with E-state index in [0.717, 1.165) is 6.42 Å². The van der Waals surface area contributed by atoms with Gasteiger partial charge in [-0.2, -0.15) is 0 Å². The van der Waals surface area contributed by atoms with Crippen molar-refractivity contribution in [1.29, 1.82) is 0 Å². The Morgan fingerprint density at radius 1 is 1.44 bits per heavy atom. The van der Waals surface area contributed by atoms with Gasteiger partial charge < -0.3 is 5.73 Å². The van der Waals surface area contributed by atoms with E-state index < -0.39 is 0 Å². The zero-order valence-electron chi connectivity index (χ0n) is 5.30. The first-order valence-corrected chi connectivity index (χ1v) is 3.09. The Kier molecular flexibility index (Phi) is 2.28. The molecule has 0 amide bonds. The minimum atomic E-state index is 0.709. The van der Waals surface area contributed by atoms with Crippen molar-refractivity contribution in [3.8, 4) is 0 Å². The van der Waals surface area contributed by atoms with Gasteiger partial charge in [0.15, 0.2) is 0 Å². The molecule has 1 nitrogen and oxygen atoms in total. The molecule has 0 heterocycles. The molecule has 0 saturated carbocycles. The van der Waals surface area contributed by atoms with Crippen molar-refractivity contribution in [1.82, 2.24) is 0 Å².